The Bertz CT molecular complexity index is 667. The number of anilines is 1. The molecule has 7 heteroatoms. The van der Waals surface area contributed by atoms with Gasteiger partial charge in [-0.2, -0.15) is 0 Å². The minimum absolute atomic E-state index is 0.0431. The highest BCUT2D eigenvalue weighted by Gasteiger charge is 2.13. The fourth-order valence-corrected chi connectivity index (χ4v) is 1.70. The summed E-state index contributed by atoms with van der Waals surface area (Å²) >= 11 is 3.81. The summed E-state index contributed by atoms with van der Waals surface area (Å²) in [4.78, 5) is 11.7. The van der Waals surface area contributed by atoms with Crippen LogP contribution in [0.4, 0.5) is 23.2 Å². The van der Waals surface area contributed by atoms with Gasteiger partial charge in [-0.3, -0.25) is 4.79 Å². The molecule has 2 aromatic carbocycles. The molecule has 0 saturated carbocycles. The summed E-state index contributed by atoms with van der Waals surface area (Å²) in [5, 5.41) is 2.17. The number of nitrogens with one attached hydrogen (secondary N) is 1. The minimum Gasteiger partial charge on any atom is -0.322 e. The van der Waals surface area contributed by atoms with Gasteiger partial charge in [0, 0.05) is 28.3 Å². The van der Waals surface area contributed by atoms with Crippen molar-refractivity contribution in [1.29, 1.82) is 0 Å². The van der Waals surface area contributed by atoms with E-state index in [4.69, 9.17) is 0 Å². The third-order valence-electron chi connectivity index (χ3n) is 2.45. The van der Waals surface area contributed by atoms with Gasteiger partial charge in [-0.05, 0) is 18.2 Å². The van der Waals surface area contributed by atoms with E-state index in [1.165, 1.54) is 6.07 Å². The van der Waals surface area contributed by atoms with Gasteiger partial charge in [0.25, 0.3) is 5.91 Å². The monoisotopic (exact) mass is 301 g/mol. The maximum absolute atomic E-state index is 13.0. The summed E-state index contributed by atoms with van der Waals surface area (Å²) in [5.41, 5.74) is -0.210. The number of hydrogen-bond acceptors (Lipinski definition) is 2. The van der Waals surface area contributed by atoms with Gasteiger partial charge >= 0.3 is 0 Å². The largest absolute Gasteiger partial charge is 0.322 e. The molecule has 104 valence electrons. The van der Waals surface area contributed by atoms with E-state index in [9.17, 15) is 22.4 Å². The first kappa shape index (κ1) is 14.4. The minimum atomic E-state index is -1.62. The van der Waals surface area contributed by atoms with E-state index in [1.807, 2.05) is 0 Å². The van der Waals surface area contributed by atoms with Crippen LogP contribution in [-0.4, -0.2) is 5.91 Å². The Morgan fingerprint density at radius 1 is 0.950 bits per heavy atom. The molecule has 20 heavy (non-hydrogen) atoms. The molecule has 0 unspecified atom stereocenters. The van der Waals surface area contributed by atoms with Crippen LogP contribution in [0.3, 0.4) is 0 Å². The molecular weight excluding hydrogens is 294 g/mol. The van der Waals surface area contributed by atoms with E-state index < -0.39 is 29.2 Å². The van der Waals surface area contributed by atoms with Gasteiger partial charge in [0.15, 0.2) is 17.5 Å². The summed E-state index contributed by atoms with van der Waals surface area (Å²) < 4.78 is 51.7. The van der Waals surface area contributed by atoms with Crippen LogP contribution < -0.4 is 5.32 Å². The van der Waals surface area contributed by atoms with Crippen LogP contribution in [-0.2, 0) is 0 Å². The topological polar surface area (TPSA) is 29.1 Å². The number of carbonyl (C=O) groups is 1. The zero-order valence-electron chi connectivity index (χ0n) is 9.75. The Morgan fingerprint density at radius 2 is 1.55 bits per heavy atom. The Balaban J connectivity index is 2.25. The number of hydrogen-bond donors (Lipinski definition) is 2. The fraction of sp³-hybridized carbons (Fsp3) is 0. The van der Waals surface area contributed by atoms with Crippen molar-refractivity contribution in [2.45, 2.75) is 4.90 Å². The lowest BCUT2D eigenvalue weighted by molar-refractivity contribution is 0.102. The molecule has 0 aliphatic carbocycles. The number of benzene rings is 2. The van der Waals surface area contributed by atoms with E-state index in [2.05, 4.69) is 17.9 Å². The Labute approximate surface area is 116 Å². The molecule has 0 aliphatic rings. The molecule has 0 saturated heterocycles. The van der Waals surface area contributed by atoms with Gasteiger partial charge in [-0.15, -0.1) is 12.6 Å². The molecule has 0 bridgehead atoms. The van der Waals surface area contributed by atoms with Gasteiger partial charge in [0.2, 0.25) is 0 Å². The van der Waals surface area contributed by atoms with Crippen molar-refractivity contribution in [3.63, 3.8) is 0 Å². The zero-order chi connectivity index (χ0) is 14.9. The average Bonchev–Trinajstić information content (AvgIpc) is 2.39. The molecule has 2 nitrogen and oxygen atoms in total. The Morgan fingerprint density at radius 3 is 2.10 bits per heavy atom. The molecular formula is C13H7F4NOS. The van der Waals surface area contributed by atoms with E-state index in [-0.39, 0.29) is 16.1 Å². The predicted molar refractivity (Wildman–Crippen MR) is 67.9 cm³/mol. The predicted octanol–water partition coefficient (Wildman–Crippen LogP) is 3.78. The molecule has 0 heterocycles. The summed E-state index contributed by atoms with van der Waals surface area (Å²) in [6, 6.07) is 4.65. The molecule has 1 amide bonds. The van der Waals surface area contributed by atoms with Crippen LogP contribution in [0, 0.1) is 23.3 Å². The van der Waals surface area contributed by atoms with Crippen LogP contribution in [0.15, 0.2) is 35.2 Å². The van der Waals surface area contributed by atoms with Crippen molar-refractivity contribution < 1.29 is 22.4 Å². The first-order chi connectivity index (χ1) is 9.38. The maximum atomic E-state index is 13.0. The molecule has 1 N–H and O–H groups in total. The van der Waals surface area contributed by atoms with Gasteiger partial charge in [-0.25, -0.2) is 17.6 Å². The summed E-state index contributed by atoms with van der Waals surface area (Å²) in [6.45, 7) is 0. The third-order valence-corrected chi connectivity index (χ3v) is 2.79. The fourth-order valence-electron chi connectivity index (χ4n) is 1.48. The van der Waals surface area contributed by atoms with Crippen molar-refractivity contribution in [3.05, 3.63) is 59.2 Å². The molecule has 2 rings (SSSR count). The lowest BCUT2D eigenvalue weighted by Crippen LogP contribution is -2.13. The second-order valence-corrected chi connectivity index (χ2v) is 4.36. The Hall–Kier alpha value is -2.02. The van der Waals surface area contributed by atoms with Gasteiger partial charge in [-0.1, -0.05) is 0 Å². The zero-order valence-corrected chi connectivity index (χ0v) is 10.6. The van der Waals surface area contributed by atoms with Gasteiger partial charge < -0.3 is 5.32 Å². The highest BCUT2D eigenvalue weighted by molar-refractivity contribution is 7.80. The lowest BCUT2D eigenvalue weighted by atomic mass is 10.2. The third kappa shape index (κ3) is 2.93. The number of amides is 1. The van der Waals surface area contributed by atoms with Crippen molar-refractivity contribution >= 4 is 24.2 Å². The first-order valence-electron chi connectivity index (χ1n) is 5.33. The molecule has 0 atom stereocenters. The van der Waals surface area contributed by atoms with E-state index >= 15 is 0 Å². The second-order valence-electron chi connectivity index (χ2n) is 3.87. The lowest BCUT2D eigenvalue weighted by Gasteiger charge is -2.07. The van der Waals surface area contributed by atoms with Crippen LogP contribution in [0.2, 0.25) is 0 Å². The smallest absolute Gasteiger partial charge is 0.255 e. The molecule has 0 aromatic heterocycles. The number of halogens is 4. The van der Waals surface area contributed by atoms with Crippen molar-refractivity contribution in [1.82, 2.24) is 0 Å². The van der Waals surface area contributed by atoms with Crippen LogP contribution in [0.25, 0.3) is 0 Å². The molecule has 0 fully saturated rings. The molecule has 0 aliphatic heterocycles. The molecule has 0 radical (unpaired) electrons. The SMILES string of the molecule is O=C(Nc1cc(F)c(F)c(F)c1)c1ccc(F)c(S)c1. The van der Waals surface area contributed by atoms with E-state index in [0.717, 1.165) is 12.1 Å². The number of rotatable bonds is 2. The first-order valence-corrected chi connectivity index (χ1v) is 5.77. The summed E-state index contributed by atoms with van der Waals surface area (Å²) in [7, 11) is 0. The van der Waals surface area contributed by atoms with E-state index in [1.54, 1.807) is 0 Å². The van der Waals surface area contributed by atoms with Gasteiger partial charge in [0.05, 0.1) is 0 Å². The van der Waals surface area contributed by atoms with Crippen LogP contribution >= 0.6 is 12.6 Å². The average molecular weight is 301 g/mol. The summed E-state index contributed by atoms with van der Waals surface area (Å²) in [5.74, 6) is -5.81. The highest BCUT2D eigenvalue weighted by atomic mass is 32.1. The number of carbonyl (C=O) groups excluding carboxylic acids is 1. The van der Waals surface area contributed by atoms with E-state index in [0.29, 0.717) is 12.1 Å². The van der Waals surface area contributed by atoms with Crippen molar-refractivity contribution in [2.75, 3.05) is 5.32 Å². The van der Waals surface area contributed by atoms with Crippen molar-refractivity contribution in [2.24, 2.45) is 0 Å². The van der Waals surface area contributed by atoms with Crippen LogP contribution in [0.5, 0.6) is 0 Å². The highest BCUT2D eigenvalue weighted by Crippen LogP contribution is 2.19. The van der Waals surface area contributed by atoms with Gasteiger partial charge in [0.1, 0.15) is 5.82 Å². The second kappa shape index (κ2) is 5.54. The normalized spacial score (nSPS) is 10.4. The quantitative estimate of drug-likeness (QED) is 0.493. The number of thiol groups is 1. The molecule has 2 aromatic rings. The molecule has 0 spiro atoms. The standard InChI is InChI=1S/C13H7F4NOS/c14-8-2-1-6(3-11(8)20)13(19)18-7-4-9(15)12(17)10(16)5-7/h1-5,20H,(H,18,19). The summed E-state index contributed by atoms with van der Waals surface area (Å²) in [6.07, 6.45) is 0. The maximum Gasteiger partial charge on any atom is 0.255 e. The Kier molecular flexibility index (Phi) is 3.99. The van der Waals surface area contributed by atoms with Crippen LogP contribution in [0.1, 0.15) is 10.4 Å². The van der Waals surface area contributed by atoms with Crippen molar-refractivity contribution in [3.8, 4) is 0 Å².